The minimum absolute atomic E-state index is 0.0665. The van der Waals surface area contributed by atoms with E-state index in [2.05, 4.69) is 10.6 Å². The molecule has 0 saturated carbocycles. The zero-order valence-corrected chi connectivity index (χ0v) is 16.0. The van der Waals surface area contributed by atoms with Gasteiger partial charge in [0.05, 0.1) is 14.2 Å². The average molecular weight is 370 g/mol. The molecule has 2 aromatic rings. The summed E-state index contributed by atoms with van der Waals surface area (Å²) in [5.41, 5.74) is 1.45. The Kier molecular flexibility index (Phi) is 7.67. The van der Waals surface area contributed by atoms with Crippen LogP contribution in [0.4, 0.5) is 11.4 Å². The van der Waals surface area contributed by atoms with Gasteiger partial charge in [0.15, 0.2) is 0 Å². The van der Waals surface area contributed by atoms with Gasteiger partial charge in [-0.1, -0.05) is 6.92 Å². The summed E-state index contributed by atoms with van der Waals surface area (Å²) in [6, 6.07) is 14.4. The second-order valence-electron chi connectivity index (χ2n) is 6.40. The predicted octanol–water partition coefficient (Wildman–Crippen LogP) is 4.09. The van der Waals surface area contributed by atoms with Gasteiger partial charge < -0.3 is 20.1 Å². The number of methoxy groups -OCH3 is 2. The number of benzene rings is 2. The Bertz CT molecular complexity index is 742. The maximum atomic E-state index is 12.1. The molecule has 0 aliphatic carbocycles. The smallest absolute Gasteiger partial charge is 0.224 e. The largest absolute Gasteiger partial charge is 0.497 e. The first-order chi connectivity index (χ1) is 13.0. The summed E-state index contributed by atoms with van der Waals surface area (Å²) in [7, 11) is 3.19. The molecule has 2 amide bonds. The maximum absolute atomic E-state index is 12.1. The van der Waals surface area contributed by atoms with Crippen LogP contribution in [0.15, 0.2) is 48.5 Å². The Morgan fingerprint density at radius 1 is 0.815 bits per heavy atom. The summed E-state index contributed by atoms with van der Waals surface area (Å²) in [4.78, 5) is 24.2. The van der Waals surface area contributed by atoms with Crippen LogP contribution in [-0.4, -0.2) is 26.0 Å². The van der Waals surface area contributed by atoms with E-state index in [0.29, 0.717) is 19.3 Å². The lowest BCUT2D eigenvalue weighted by atomic mass is 10.0. The third-order valence-electron chi connectivity index (χ3n) is 4.15. The molecule has 0 saturated heterocycles. The lowest BCUT2D eigenvalue weighted by Gasteiger charge is -2.12. The fraction of sp³-hybridized carbons (Fsp3) is 0.333. The van der Waals surface area contributed by atoms with Gasteiger partial charge in [-0.3, -0.25) is 9.59 Å². The number of ether oxygens (including phenoxy) is 2. The number of anilines is 2. The molecule has 27 heavy (non-hydrogen) atoms. The third-order valence-corrected chi connectivity index (χ3v) is 4.15. The Morgan fingerprint density at radius 3 is 1.70 bits per heavy atom. The van der Waals surface area contributed by atoms with Crippen LogP contribution in [0, 0.1) is 5.92 Å². The number of hydrogen-bond donors (Lipinski definition) is 2. The van der Waals surface area contributed by atoms with Crippen LogP contribution in [0.2, 0.25) is 0 Å². The first kappa shape index (κ1) is 20.3. The van der Waals surface area contributed by atoms with Crippen molar-refractivity contribution in [2.45, 2.75) is 26.2 Å². The van der Waals surface area contributed by atoms with E-state index < -0.39 is 0 Å². The number of amides is 2. The first-order valence-electron chi connectivity index (χ1n) is 8.88. The molecule has 0 fully saturated rings. The van der Waals surface area contributed by atoms with Crippen molar-refractivity contribution in [1.29, 1.82) is 0 Å². The van der Waals surface area contributed by atoms with Crippen molar-refractivity contribution in [3.05, 3.63) is 48.5 Å². The lowest BCUT2D eigenvalue weighted by Crippen LogP contribution is -2.17. The molecule has 2 aromatic carbocycles. The monoisotopic (exact) mass is 370 g/mol. The van der Waals surface area contributed by atoms with Crippen LogP contribution in [0.1, 0.15) is 26.2 Å². The molecule has 0 spiro atoms. The summed E-state index contributed by atoms with van der Waals surface area (Å²) in [6.07, 6.45) is 1.36. The van der Waals surface area contributed by atoms with Crippen LogP contribution in [0.5, 0.6) is 11.5 Å². The molecule has 2 rings (SSSR count). The van der Waals surface area contributed by atoms with Gasteiger partial charge in [-0.05, 0) is 60.9 Å². The maximum Gasteiger partial charge on any atom is 0.224 e. The summed E-state index contributed by atoms with van der Waals surface area (Å²) >= 11 is 0. The van der Waals surface area contributed by atoms with Gasteiger partial charge in [0.25, 0.3) is 0 Å². The van der Waals surface area contributed by atoms with Crippen molar-refractivity contribution in [2.75, 3.05) is 24.9 Å². The van der Waals surface area contributed by atoms with E-state index in [1.54, 1.807) is 62.8 Å². The number of carbonyl (C=O) groups excluding carboxylic acids is 2. The highest BCUT2D eigenvalue weighted by molar-refractivity contribution is 5.92. The van der Waals surface area contributed by atoms with Gasteiger partial charge in [-0.2, -0.15) is 0 Å². The predicted molar refractivity (Wildman–Crippen MR) is 106 cm³/mol. The Labute approximate surface area is 159 Å². The lowest BCUT2D eigenvalue weighted by molar-refractivity contribution is -0.118. The van der Waals surface area contributed by atoms with E-state index >= 15 is 0 Å². The molecular weight excluding hydrogens is 344 g/mol. The molecule has 0 aliphatic rings. The second-order valence-corrected chi connectivity index (χ2v) is 6.40. The Balaban J connectivity index is 1.71. The van der Waals surface area contributed by atoms with Gasteiger partial charge in [0.2, 0.25) is 11.8 Å². The molecule has 0 heterocycles. The highest BCUT2D eigenvalue weighted by Gasteiger charge is 2.12. The van der Waals surface area contributed by atoms with Crippen LogP contribution in [-0.2, 0) is 9.59 Å². The topological polar surface area (TPSA) is 76.7 Å². The number of hydrogen-bond acceptors (Lipinski definition) is 4. The van der Waals surface area contributed by atoms with E-state index in [0.717, 1.165) is 22.9 Å². The first-order valence-corrected chi connectivity index (χ1v) is 8.88. The zero-order valence-electron chi connectivity index (χ0n) is 16.0. The molecule has 144 valence electrons. The molecular formula is C21H26N2O4. The molecule has 1 atom stereocenters. The zero-order chi connectivity index (χ0) is 19.6. The van der Waals surface area contributed by atoms with Crippen LogP contribution in [0.3, 0.4) is 0 Å². The quantitative estimate of drug-likeness (QED) is 0.697. The van der Waals surface area contributed by atoms with E-state index in [1.165, 1.54) is 0 Å². The van der Waals surface area contributed by atoms with Gasteiger partial charge >= 0.3 is 0 Å². The molecule has 6 heteroatoms. The molecule has 2 N–H and O–H groups in total. The van der Waals surface area contributed by atoms with Crippen molar-refractivity contribution in [3.63, 3.8) is 0 Å². The van der Waals surface area contributed by atoms with E-state index in [9.17, 15) is 9.59 Å². The van der Waals surface area contributed by atoms with Crippen molar-refractivity contribution in [1.82, 2.24) is 0 Å². The van der Waals surface area contributed by atoms with E-state index in [-0.39, 0.29) is 17.7 Å². The molecule has 0 radical (unpaired) electrons. The van der Waals surface area contributed by atoms with Crippen LogP contribution >= 0.6 is 0 Å². The molecule has 6 nitrogen and oxygen atoms in total. The summed E-state index contributed by atoms with van der Waals surface area (Å²) < 4.78 is 10.2. The van der Waals surface area contributed by atoms with Gasteiger partial charge in [-0.25, -0.2) is 0 Å². The summed E-state index contributed by atoms with van der Waals surface area (Å²) in [5.74, 6) is 1.45. The number of carbonyl (C=O) groups is 2. The highest BCUT2D eigenvalue weighted by Crippen LogP contribution is 2.18. The SMILES string of the molecule is COc1ccc(NC(=O)CCC(C)CC(=O)Nc2ccc(OC)cc2)cc1. The third kappa shape index (κ3) is 7.01. The van der Waals surface area contributed by atoms with Crippen molar-refractivity contribution in [2.24, 2.45) is 5.92 Å². The summed E-state index contributed by atoms with van der Waals surface area (Å²) in [6.45, 7) is 1.97. The fourth-order valence-corrected chi connectivity index (χ4v) is 2.58. The normalized spacial score (nSPS) is 11.4. The van der Waals surface area contributed by atoms with Crippen LogP contribution in [0.25, 0.3) is 0 Å². The fourth-order valence-electron chi connectivity index (χ4n) is 2.58. The average Bonchev–Trinajstić information content (AvgIpc) is 2.67. The van der Waals surface area contributed by atoms with Gasteiger partial charge in [-0.15, -0.1) is 0 Å². The number of nitrogens with one attached hydrogen (secondary N) is 2. The second kappa shape index (κ2) is 10.2. The van der Waals surface area contributed by atoms with Crippen LogP contribution < -0.4 is 20.1 Å². The molecule has 0 bridgehead atoms. The van der Waals surface area contributed by atoms with E-state index in [1.807, 2.05) is 6.92 Å². The van der Waals surface area contributed by atoms with Crippen molar-refractivity contribution < 1.29 is 19.1 Å². The van der Waals surface area contributed by atoms with Gasteiger partial charge in [0, 0.05) is 24.2 Å². The Morgan fingerprint density at radius 2 is 1.26 bits per heavy atom. The van der Waals surface area contributed by atoms with E-state index in [4.69, 9.17) is 9.47 Å². The minimum Gasteiger partial charge on any atom is -0.497 e. The van der Waals surface area contributed by atoms with Crippen molar-refractivity contribution >= 4 is 23.2 Å². The summed E-state index contributed by atoms with van der Waals surface area (Å²) in [5, 5.41) is 5.70. The Hall–Kier alpha value is -3.02. The highest BCUT2D eigenvalue weighted by atomic mass is 16.5. The standard InChI is InChI=1S/C21H26N2O4/c1-15(14-21(25)23-17-7-11-19(27-3)12-8-17)4-13-20(24)22-16-5-9-18(26-2)10-6-16/h5-12,15H,4,13-14H2,1-3H3,(H,22,24)(H,23,25). The van der Waals surface area contributed by atoms with Crippen molar-refractivity contribution in [3.8, 4) is 11.5 Å². The molecule has 0 aliphatic heterocycles. The number of rotatable bonds is 9. The molecule has 0 aromatic heterocycles. The van der Waals surface area contributed by atoms with Gasteiger partial charge in [0.1, 0.15) is 11.5 Å². The minimum atomic E-state index is -0.0671. The molecule has 1 unspecified atom stereocenters.